The molecule has 22 heavy (non-hydrogen) atoms. The van der Waals surface area contributed by atoms with Gasteiger partial charge in [-0.25, -0.2) is 0 Å². The summed E-state index contributed by atoms with van der Waals surface area (Å²) in [6.45, 7) is 7.65. The van der Waals surface area contributed by atoms with Crippen molar-refractivity contribution in [1.82, 2.24) is 10.1 Å². The van der Waals surface area contributed by atoms with Gasteiger partial charge >= 0.3 is 0 Å². The predicted octanol–water partition coefficient (Wildman–Crippen LogP) is 2.88. The lowest BCUT2D eigenvalue weighted by molar-refractivity contribution is 0.355. The second-order valence-corrected chi connectivity index (χ2v) is 6.55. The third-order valence-corrected chi connectivity index (χ3v) is 3.80. The van der Waals surface area contributed by atoms with Gasteiger partial charge in [0.25, 0.3) is 0 Å². The molecule has 0 spiro atoms. The van der Waals surface area contributed by atoms with Crippen LogP contribution in [-0.2, 0) is 18.5 Å². The molecule has 3 rings (SSSR count). The molecule has 1 aliphatic rings. The van der Waals surface area contributed by atoms with Crippen molar-refractivity contribution < 1.29 is 4.52 Å². The Kier molecular flexibility index (Phi) is 4.78. The average Bonchev–Trinajstić information content (AvgIpc) is 2.87. The van der Waals surface area contributed by atoms with Crippen LogP contribution in [0.5, 0.6) is 0 Å². The summed E-state index contributed by atoms with van der Waals surface area (Å²) in [7, 11) is 0. The van der Waals surface area contributed by atoms with E-state index in [9.17, 15) is 0 Å². The van der Waals surface area contributed by atoms with Gasteiger partial charge in [-0.3, -0.25) is 0 Å². The van der Waals surface area contributed by atoms with Crippen molar-refractivity contribution in [2.45, 2.75) is 39.3 Å². The third kappa shape index (κ3) is 3.42. The molecule has 0 aliphatic carbocycles. The van der Waals surface area contributed by atoms with E-state index in [4.69, 9.17) is 10.3 Å². The van der Waals surface area contributed by atoms with Gasteiger partial charge in [-0.1, -0.05) is 30.3 Å². The highest BCUT2D eigenvalue weighted by molar-refractivity contribution is 5.85. The highest BCUT2D eigenvalue weighted by atomic mass is 35.5. The Balaban J connectivity index is 0.00000176. The van der Waals surface area contributed by atoms with Crippen molar-refractivity contribution in [2.75, 3.05) is 11.4 Å². The van der Waals surface area contributed by atoms with E-state index in [0.29, 0.717) is 24.2 Å². The van der Waals surface area contributed by atoms with Gasteiger partial charge in [-0.2, -0.15) is 4.98 Å². The molecule has 0 bridgehead atoms. The number of nitrogens with two attached hydrogens (primary N) is 1. The average molecular weight is 323 g/mol. The molecular weight excluding hydrogens is 300 g/mol. The Morgan fingerprint density at radius 2 is 2.09 bits per heavy atom. The van der Waals surface area contributed by atoms with Gasteiger partial charge in [0.15, 0.2) is 5.82 Å². The Morgan fingerprint density at radius 1 is 1.36 bits per heavy atom. The number of rotatable bonds is 3. The lowest BCUT2D eigenvalue weighted by Gasteiger charge is -2.33. The first-order valence-corrected chi connectivity index (χ1v) is 7.38. The summed E-state index contributed by atoms with van der Waals surface area (Å²) in [6, 6.07) is 8.52. The van der Waals surface area contributed by atoms with Crippen molar-refractivity contribution in [1.29, 1.82) is 0 Å². The van der Waals surface area contributed by atoms with Crippen LogP contribution in [0.25, 0.3) is 0 Å². The number of benzene rings is 1. The van der Waals surface area contributed by atoms with E-state index >= 15 is 0 Å². The zero-order valence-corrected chi connectivity index (χ0v) is 14.1. The maximum atomic E-state index is 6.00. The molecule has 0 saturated carbocycles. The predicted molar refractivity (Wildman–Crippen MR) is 89.1 cm³/mol. The summed E-state index contributed by atoms with van der Waals surface area (Å²) in [4.78, 5) is 6.74. The molecule has 1 aromatic carbocycles. The van der Waals surface area contributed by atoms with Gasteiger partial charge in [0.2, 0.25) is 5.89 Å². The second kappa shape index (κ2) is 6.26. The Labute approximate surface area is 137 Å². The Hall–Kier alpha value is -1.59. The minimum atomic E-state index is -0.575. The van der Waals surface area contributed by atoms with Gasteiger partial charge in [-0.05, 0) is 37.8 Å². The Bertz CT molecular complexity index is 635. The highest BCUT2D eigenvalue weighted by Crippen LogP contribution is 2.30. The normalized spacial score (nSPS) is 17.8. The minimum Gasteiger partial charge on any atom is -0.362 e. The van der Waals surface area contributed by atoms with Crippen LogP contribution in [0.3, 0.4) is 0 Å². The van der Waals surface area contributed by atoms with Crippen molar-refractivity contribution in [2.24, 2.45) is 11.7 Å². The molecule has 0 fully saturated rings. The van der Waals surface area contributed by atoms with Gasteiger partial charge in [0.1, 0.15) is 0 Å². The van der Waals surface area contributed by atoms with E-state index in [2.05, 4.69) is 46.2 Å². The fraction of sp³-hybridized carbons (Fsp3) is 0.500. The molecular formula is C16H23ClN4O. The molecule has 5 nitrogen and oxygen atoms in total. The van der Waals surface area contributed by atoms with Gasteiger partial charge in [0.05, 0.1) is 12.1 Å². The van der Waals surface area contributed by atoms with Crippen LogP contribution >= 0.6 is 12.4 Å². The number of halogens is 1. The lowest BCUT2D eigenvalue weighted by atomic mass is 9.94. The fourth-order valence-electron chi connectivity index (χ4n) is 2.80. The zero-order valence-electron chi connectivity index (χ0n) is 13.2. The van der Waals surface area contributed by atoms with Crippen molar-refractivity contribution >= 4 is 18.1 Å². The van der Waals surface area contributed by atoms with Crippen molar-refractivity contribution in [3.8, 4) is 0 Å². The summed E-state index contributed by atoms with van der Waals surface area (Å²) in [5, 5.41) is 3.99. The molecule has 0 amide bonds. The van der Waals surface area contributed by atoms with Gasteiger partial charge in [-0.15, -0.1) is 12.4 Å². The molecule has 1 aromatic heterocycles. The van der Waals surface area contributed by atoms with Gasteiger partial charge in [0, 0.05) is 12.2 Å². The number of hydrogen-bond donors (Lipinski definition) is 1. The second-order valence-electron chi connectivity index (χ2n) is 6.55. The molecule has 1 aliphatic heterocycles. The molecule has 2 heterocycles. The molecule has 2 aromatic rings. The quantitative estimate of drug-likeness (QED) is 0.941. The Morgan fingerprint density at radius 3 is 2.77 bits per heavy atom. The molecule has 2 N–H and O–H groups in total. The first kappa shape index (κ1) is 16.8. The fourth-order valence-corrected chi connectivity index (χ4v) is 2.80. The molecule has 1 unspecified atom stereocenters. The monoisotopic (exact) mass is 322 g/mol. The van der Waals surface area contributed by atoms with Crippen LogP contribution in [-0.4, -0.2) is 16.7 Å². The number of hydrogen-bond acceptors (Lipinski definition) is 5. The summed E-state index contributed by atoms with van der Waals surface area (Å²) in [5.74, 6) is 1.79. The number of aromatic nitrogens is 2. The number of para-hydroxylation sites is 1. The van der Waals surface area contributed by atoms with E-state index in [1.807, 2.05) is 13.8 Å². The standard InChI is InChI=1S/C16H22N4O.ClH/c1-11-8-12-6-4-5-7-13(12)20(9-11)10-14-18-15(19-21-14)16(2,3)17;/h4-7,11H,8-10,17H2,1-3H3;1H. The largest absolute Gasteiger partial charge is 0.362 e. The topological polar surface area (TPSA) is 68.2 Å². The van der Waals surface area contributed by atoms with Gasteiger partial charge < -0.3 is 15.2 Å². The molecule has 6 heteroatoms. The first-order valence-electron chi connectivity index (χ1n) is 7.38. The third-order valence-electron chi connectivity index (χ3n) is 3.80. The molecule has 1 atom stereocenters. The van der Waals surface area contributed by atoms with Crippen LogP contribution in [0, 0.1) is 5.92 Å². The summed E-state index contributed by atoms with van der Waals surface area (Å²) in [6.07, 6.45) is 1.12. The zero-order chi connectivity index (χ0) is 15.0. The molecule has 0 radical (unpaired) electrons. The molecule has 120 valence electrons. The van der Waals surface area contributed by atoms with Crippen molar-refractivity contribution in [3.05, 3.63) is 41.5 Å². The lowest BCUT2D eigenvalue weighted by Crippen LogP contribution is -2.34. The first-order chi connectivity index (χ1) is 9.93. The van der Waals surface area contributed by atoms with Crippen LogP contribution in [0.4, 0.5) is 5.69 Å². The van der Waals surface area contributed by atoms with E-state index < -0.39 is 5.54 Å². The van der Waals surface area contributed by atoms with Crippen LogP contribution in [0.1, 0.15) is 38.0 Å². The summed E-state index contributed by atoms with van der Waals surface area (Å²) in [5.41, 5.74) is 8.08. The van der Waals surface area contributed by atoms with Crippen LogP contribution in [0.15, 0.2) is 28.8 Å². The number of nitrogens with zero attached hydrogens (tertiary/aromatic N) is 3. The SMILES string of the molecule is CC1Cc2ccccc2N(Cc2nc(C(C)(C)N)no2)C1.Cl. The van der Waals surface area contributed by atoms with E-state index in [1.165, 1.54) is 11.3 Å². The van der Waals surface area contributed by atoms with Crippen molar-refractivity contribution in [3.63, 3.8) is 0 Å². The molecule has 0 saturated heterocycles. The summed E-state index contributed by atoms with van der Waals surface area (Å²) >= 11 is 0. The highest BCUT2D eigenvalue weighted by Gasteiger charge is 2.25. The maximum Gasteiger partial charge on any atom is 0.246 e. The van der Waals surface area contributed by atoms with E-state index in [-0.39, 0.29) is 12.4 Å². The number of fused-ring (bicyclic) bond motifs is 1. The maximum absolute atomic E-state index is 6.00. The van der Waals surface area contributed by atoms with Crippen LogP contribution in [0.2, 0.25) is 0 Å². The minimum absolute atomic E-state index is 0. The van der Waals surface area contributed by atoms with E-state index in [0.717, 1.165) is 13.0 Å². The van der Waals surface area contributed by atoms with Crippen LogP contribution < -0.4 is 10.6 Å². The van der Waals surface area contributed by atoms with E-state index in [1.54, 1.807) is 0 Å². The summed E-state index contributed by atoms with van der Waals surface area (Å²) < 4.78 is 5.36. The smallest absolute Gasteiger partial charge is 0.246 e. The number of anilines is 1.